The molecular weight excluding hydrogens is 268 g/mol. The Labute approximate surface area is 136 Å². The molecule has 0 aromatic heterocycles. The molecule has 5 fully saturated rings. The van der Waals surface area contributed by atoms with Gasteiger partial charge < -0.3 is 4.74 Å². The predicted octanol–water partition coefficient (Wildman–Crippen LogP) is 5.58. The topological polar surface area (TPSA) is 12.5 Å². The molecule has 0 radical (unpaired) electrons. The van der Waals surface area contributed by atoms with Crippen LogP contribution in [0.2, 0.25) is 0 Å². The summed E-state index contributed by atoms with van der Waals surface area (Å²) in [7, 11) is 0. The van der Waals surface area contributed by atoms with E-state index in [4.69, 9.17) is 4.74 Å². The molecule has 2 unspecified atom stereocenters. The summed E-state index contributed by atoms with van der Waals surface area (Å²) in [6.45, 7) is 7.63. The lowest BCUT2D eigenvalue weighted by atomic mass is 9.44. The van der Waals surface area contributed by atoms with Gasteiger partial charge in [0.25, 0.3) is 0 Å². The molecule has 1 heteroatoms. The average molecular weight is 303 g/mol. The van der Waals surface area contributed by atoms with Crippen LogP contribution < -0.4 is 0 Å². The van der Waals surface area contributed by atoms with Gasteiger partial charge in [0.2, 0.25) is 0 Å². The Morgan fingerprint density at radius 1 is 0.818 bits per heavy atom. The summed E-state index contributed by atoms with van der Waals surface area (Å²) in [4.78, 5) is 0. The minimum atomic E-state index is 0.299. The number of hydrogen-bond acceptors (Lipinski definition) is 1. The maximum atomic E-state index is 6.25. The van der Waals surface area contributed by atoms with E-state index in [9.17, 15) is 0 Å². The fraction of sp³-hybridized carbons (Fsp3) is 1.00. The summed E-state index contributed by atoms with van der Waals surface area (Å²) in [5, 5.41) is 0. The quantitative estimate of drug-likeness (QED) is 0.532. The molecule has 8 atom stereocenters. The predicted molar refractivity (Wildman–Crippen MR) is 89.6 cm³/mol. The molecular formula is C21H34O. The lowest BCUT2D eigenvalue weighted by Gasteiger charge is -2.60. The highest BCUT2D eigenvalue weighted by Gasteiger charge is 2.73. The van der Waals surface area contributed by atoms with Gasteiger partial charge in [-0.3, -0.25) is 0 Å². The van der Waals surface area contributed by atoms with Crippen molar-refractivity contribution in [2.75, 3.05) is 0 Å². The third kappa shape index (κ3) is 1.51. The van der Waals surface area contributed by atoms with E-state index in [0.29, 0.717) is 22.5 Å². The van der Waals surface area contributed by atoms with Crippen molar-refractivity contribution in [2.24, 2.45) is 34.5 Å². The van der Waals surface area contributed by atoms with Crippen molar-refractivity contribution in [1.82, 2.24) is 0 Å². The van der Waals surface area contributed by atoms with Gasteiger partial charge in [-0.25, -0.2) is 0 Å². The summed E-state index contributed by atoms with van der Waals surface area (Å²) >= 11 is 0. The molecule has 4 aliphatic carbocycles. The van der Waals surface area contributed by atoms with Gasteiger partial charge in [-0.1, -0.05) is 26.7 Å². The molecule has 5 aliphatic rings. The van der Waals surface area contributed by atoms with Crippen LogP contribution >= 0.6 is 0 Å². The third-order valence-electron chi connectivity index (χ3n) is 9.75. The Hall–Kier alpha value is -0.0400. The second kappa shape index (κ2) is 4.32. The van der Waals surface area contributed by atoms with E-state index in [-0.39, 0.29) is 0 Å². The van der Waals surface area contributed by atoms with Gasteiger partial charge in [-0.15, -0.1) is 0 Å². The van der Waals surface area contributed by atoms with Crippen molar-refractivity contribution in [3.05, 3.63) is 0 Å². The summed E-state index contributed by atoms with van der Waals surface area (Å²) in [5.74, 6) is 4.08. The van der Waals surface area contributed by atoms with E-state index in [1.54, 1.807) is 0 Å². The van der Waals surface area contributed by atoms with E-state index in [0.717, 1.165) is 23.7 Å². The Bertz CT molecular complexity index is 484. The normalized spacial score (nSPS) is 63.1. The first kappa shape index (κ1) is 14.3. The van der Waals surface area contributed by atoms with Crippen molar-refractivity contribution in [1.29, 1.82) is 0 Å². The molecule has 5 rings (SSSR count). The Morgan fingerprint density at radius 3 is 2.36 bits per heavy atom. The smallest absolute Gasteiger partial charge is 0.100 e. The summed E-state index contributed by atoms with van der Waals surface area (Å²) in [6.07, 6.45) is 15.5. The summed E-state index contributed by atoms with van der Waals surface area (Å²) in [6, 6.07) is 0. The molecule has 0 amide bonds. The van der Waals surface area contributed by atoms with Crippen molar-refractivity contribution in [3.63, 3.8) is 0 Å². The molecule has 0 aromatic rings. The minimum absolute atomic E-state index is 0.299. The van der Waals surface area contributed by atoms with Crippen molar-refractivity contribution in [2.45, 2.75) is 96.7 Å². The first-order valence-corrected chi connectivity index (χ1v) is 10.2. The number of fused-ring (bicyclic) bond motifs is 6. The van der Waals surface area contributed by atoms with Crippen LogP contribution in [0, 0.1) is 34.5 Å². The first-order chi connectivity index (χ1) is 10.5. The van der Waals surface area contributed by atoms with Crippen LogP contribution in [-0.2, 0) is 4.74 Å². The largest absolute Gasteiger partial charge is 0.366 e. The maximum Gasteiger partial charge on any atom is 0.100 e. The highest BCUT2D eigenvalue weighted by molar-refractivity contribution is 5.21. The molecule has 124 valence electrons. The molecule has 1 aliphatic heterocycles. The lowest BCUT2D eigenvalue weighted by molar-refractivity contribution is -0.113. The van der Waals surface area contributed by atoms with Crippen LogP contribution in [0.1, 0.15) is 85.0 Å². The third-order valence-corrected chi connectivity index (χ3v) is 9.75. The van der Waals surface area contributed by atoms with Gasteiger partial charge in [0.1, 0.15) is 5.60 Å². The Morgan fingerprint density at radius 2 is 1.59 bits per heavy atom. The second-order valence-electron chi connectivity index (χ2n) is 10.0. The van der Waals surface area contributed by atoms with Crippen LogP contribution in [0.4, 0.5) is 0 Å². The molecule has 1 saturated heterocycles. The van der Waals surface area contributed by atoms with Gasteiger partial charge in [-0.2, -0.15) is 0 Å². The first-order valence-electron chi connectivity index (χ1n) is 10.2. The van der Waals surface area contributed by atoms with Gasteiger partial charge in [-0.05, 0) is 87.4 Å². The second-order valence-corrected chi connectivity index (χ2v) is 10.0. The Balaban J connectivity index is 1.48. The van der Waals surface area contributed by atoms with Gasteiger partial charge in [0.15, 0.2) is 0 Å². The van der Waals surface area contributed by atoms with E-state index in [1.165, 1.54) is 64.2 Å². The molecule has 0 bridgehead atoms. The molecule has 0 N–H and O–H groups in total. The maximum absolute atomic E-state index is 6.25. The SMILES string of the molecule is CC1O[C@@]12CC[C@H]1[C@@H]3CCC4CCCC[C@]4(C)[C@H]3CC[C@@]12C. The number of hydrogen-bond donors (Lipinski definition) is 0. The molecule has 22 heavy (non-hydrogen) atoms. The molecule has 1 heterocycles. The van der Waals surface area contributed by atoms with Gasteiger partial charge >= 0.3 is 0 Å². The molecule has 1 nitrogen and oxygen atoms in total. The fourth-order valence-electron chi connectivity index (χ4n) is 8.47. The van der Waals surface area contributed by atoms with Crippen molar-refractivity contribution < 1.29 is 4.74 Å². The van der Waals surface area contributed by atoms with E-state index in [2.05, 4.69) is 20.8 Å². The number of rotatable bonds is 0. The van der Waals surface area contributed by atoms with E-state index < -0.39 is 0 Å². The van der Waals surface area contributed by atoms with Crippen molar-refractivity contribution >= 4 is 0 Å². The molecule has 4 saturated carbocycles. The van der Waals surface area contributed by atoms with Crippen molar-refractivity contribution in [3.8, 4) is 0 Å². The van der Waals surface area contributed by atoms with E-state index in [1.807, 2.05) is 0 Å². The zero-order valence-corrected chi connectivity index (χ0v) is 14.9. The average Bonchev–Trinajstić information content (AvgIpc) is 3.07. The summed E-state index contributed by atoms with van der Waals surface area (Å²) < 4.78 is 6.25. The van der Waals surface area contributed by atoms with Gasteiger partial charge in [0.05, 0.1) is 6.10 Å². The highest BCUT2D eigenvalue weighted by atomic mass is 16.6. The zero-order valence-electron chi connectivity index (χ0n) is 14.9. The van der Waals surface area contributed by atoms with E-state index >= 15 is 0 Å². The minimum Gasteiger partial charge on any atom is -0.366 e. The molecule has 1 spiro atoms. The van der Waals surface area contributed by atoms with Crippen LogP contribution in [-0.4, -0.2) is 11.7 Å². The van der Waals surface area contributed by atoms with Crippen LogP contribution in [0.25, 0.3) is 0 Å². The number of ether oxygens (including phenoxy) is 1. The number of epoxide rings is 1. The standard InChI is InChI=1S/C21H34O/c1-14-21(22-14)13-10-18-16-8-7-15-6-4-5-11-19(15,2)17(16)9-12-20(18,21)3/h14-18H,4-13H2,1-3H3/t14?,15?,16-,17+,18+,19+,20+,21+/m1/s1. The van der Waals surface area contributed by atoms with Crippen LogP contribution in [0.15, 0.2) is 0 Å². The highest BCUT2D eigenvalue weighted by Crippen LogP contribution is 2.72. The molecule has 0 aromatic carbocycles. The summed E-state index contributed by atoms with van der Waals surface area (Å²) in [5.41, 5.74) is 1.49. The van der Waals surface area contributed by atoms with Gasteiger partial charge in [0, 0.05) is 5.41 Å². The Kier molecular flexibility index (Phi) is 2.81. The van der Waals surface area contributed by atoms with Crippen LogP contribution in [0.5, 0.6) is 0 Å². The monoisotopic (exact) mass is 302 g/mol. The van der Waals surface area contributed by atoms with Crippen LogP contribution in [0.3, 0.4) is 0 Å². The fourth-order valence-corrected chi connectivity index (χ4v) is 8.47. The lowest BCUT2D eigenvalue weighted by Crippen LogP contribution is -2.54. The zero-order chi connectivity index (χ0) is 15.2.